The summed E-state index contributed by atoms with van der Waals surface area (Å²) in [6.07, 6.45) is -0.122. The Morgan fingerprint density at radius 2 is 2.15 bits per heavy atom. The summed E-state index contributed by atoms with van der Waals surface area (Å²) in [6, 6.07) is 4.60. The number of ether oxygens (including phenoxy) is 1. The molecular weight excluding hydrogens is 300 g/mol. The van der Waals surface area contributed by atoms with Gasteiger partial charge in [-0.15, -0.1) is 0 Å². The van der Waals surface area contributed by atoms with E-state index in [0.717, 1.165) is 5.56 Å². The van der Waals surface area contributed by atoms with E-state index in [4.69, 9.17) is 22.1 Å². The molecule has 2 rings (SSSR count). The highest BCUT2D eigenvalue weighted by Crippen LogP contribution is 2.28. The van der Waals surface area contributed by atoms with Gasteiger partial charge in [-0.2, -0.15) is 4.31 Å². The molecule has 20 heavy (non-hydrogen) atoms. The Kier molecular flexibility index (Phi) is 4.71. The summed E-state index contributed by atoms with van der Waals surface area (Å²) >= 11 is 6.10. The molecule has 0 radical (unpaired) electrons. The van der Waals surface area contributed by atoms with Gasteiger partial charge in [0.15, 0.2) is 0 Å². The number of morpholine rings is 1. The fourth-order valence-corrected chi connectivity index (χ4v) is 4.45. The van der Waals surface area contributed by atoms with E-state index in [1.54, 1.807) is 12.1 Å². The lowest BCUT2D eigenvalue weighted by molar-refractivity contribution is -0.0170. The van der Waals surface area contributed by atoms with E-state index in [2.05, 4.69) is 0 Å². The summed E-state index contributed by atoms with van der Waals surface area (Å²) in [5.74, 6) is 0. The second kappa shape index (κ2) is 5.99. The first-order valence-corrected chi connectivity index (χ1v) is 8.30. The van der Waals surface area contributed by atoms with E-state index < -0.39 is 10.0 Å². The molecule has 0 spiro atoms. The monoisotopic (exact) mass is 318 g/mol. The number of nitrogens with two attached hydrogens (primary N) is 1. The summed E-state index contributed by atoms with van der Waals surface area (Å²) in [5.41, 5.74) is 6.33. The number of nitrogens with zero attached hydrogens (tertiary/aromatic N) is 1. The molecule has 0 saturated carbocycles. The predicted octanol–water partition coefficient (Wildman–Crippen LogP) is 1.60. The fourth-order valence-electron chi connectivity index (χ4n) is 2.21. The maximum atomic E-state index is 12.7. The van der Waals surface area contributed by atoms with Crippen LogP contribution in [-0.2, 0) is 21.3 Å². The van der Waals surface area contributed by atoms with E-state index in [1.807, 2.05) is 13.8 Å². The minimum Gasteiger partial charge on any atom is -0.375 e. The number of hydrogen-bond acceptors (Lipinski definition) is 4. The fraction of sp³-hybridized carbons (Fsp3) is 0.538. The van der Waals surface area contributed by atoms with Gasteiger partial charge in [-0.1, -0.05) is 17.7 Å². The highest BCUT2D eigenvalue weighted by molar-refractivity contribution is 7.89. The van der Waals surface area contributed by atoms with Crippen LogP contribution in [0, 0.1) is 0 Å². The second-order valence-electron chi connectivity index (χ2n) is 5.04. The summed E-state index contributed by atoms with van der Waals surface area (Å²) in [6.45, 7) is 4.72. The first-order valence-electron chi connectivity index (χ1n) is 6.48. The molecule has 2 unspecified atom stereocenters. The van der Waals surface area contributed by atoms with Crippen molar-refractivity contribution < 1.29 is 13.2 Å². The van der Waals surface area contributed by atoms with Crippen molar-refractivity contribution >= 4 is 21.6 Å². The highest BCUT2D eigenvalue weighted by atomic mass is 35.5. The van der Waals surface area contributed by atoms with Gasteiger partial charge in [0.25, 0.3) is 0 Å². The van der Waals surface area contributed by atoms with Crippen molar-refractivity contribution in [2.24, 2.45) is 5.73 Å². The molecule has 2 atom stereocenters. The third kappa shape index (κ3) is 2.99. The average Bonchev–Trinajstić information content (AvgIpc) is 2.40. The molecule has 1 aliphatic rings. The van der Waals surface area contributed by atoms with E-state index >= 15 is 0 Å². The molecule has 1 saturated heterocycles. The van der Waals surface area contributed by atoms with Crippen LogP contribution in [0.5, 0.6) is 0 Å². The van der Waals surface area contributed by atoms with Crippen molar-refractivity contribution in [3.8, 4) is 0 Å². The van der Waals surface area contributed by atoms with Crippen molar-refractivity contribution in [1.82, 2.24) is 4.31 Å². The van der Waals surface area contributed by atoms with Crippen LogP contribution < -0.4 is 5.73 Å². The lowest BCUT2D eigenvalue weighted by Gasteiger charge is -2.35. The second-order valence-corrected chi connectivity index (χ2v) is 7.30. The standard InChI is InChI=1S/C13H19ClN2O3S/c1-9-8-19-10(2)7-16(9)20(17,18)13-4-3-11(6-15)5-12(13)14/h3-5,9-10H,6-8,15H2,1-2H3. The smallest absolute Gasteiger partial charge is 0.244 e. The molecule has 1 aromatic carbocycles. The normalized spacial score (nSPS) is 24.8. The molecule has 1 aromatic rings. The Labute approximate surface area is 124 Å². The zero-order chi connectivity index (χ0) is 14.9. The van der Waals surface area contributed by atoms with Gasteiger partial charge in [0.1, 0.15) is 4.90 Å². The van der Waals surface area contributed by atoms with Crippen LogP contribution in [-0.4, -0.2) is 38.0 Å². The number of benzene rings is 1. The lowest BCUT2D eigenvalue weighted by Crippen LogP contribution is -2.50. The molecule has 5 nitrogen and oxygen atoms in total. The Balaban J connectivity index is 2.39. The van der Waals surface area contributed by atoms with Gasteiger partial charge in [-0.3, -0.25) is 0 Å². The molecule has 7 heteroatoms. The Hall–Kier alpha value is -0.660. The predicted molar refractivity (Wildman–Crippen MR) is 78.1 cm³/mol. The molecule has 0 aromatic heterocycles. The minimum absolute atomic E-state index is 0.122. The topological polar surface area (TPSA) is 72.6 Å². The molecule has 1 aliphatic heterocycles. The largest absolute Gasteiger partial charge is 0.375 e. The zero-order valence-corrected chi connectivity index (χ0v) is 13.1. The van der Waals surface area contributed by atoms with Crippen LogP contribution in [0.3, 0.4) is 0 Å². The molecule has 0 amide bonds. The van der Waals surface area contributed by atoms with Crippen LogP contribution in [0.1, 0.15) is 19.4 Å². The van der Waals surface area contributed by atoms with E-state index in [0.29, 0.717) is 19.7 Å². The van der Waals surface area contributed by atoms with Gasteiger partial charge in [-0.25, -0.2) is 8.42 Å². The SMILES string of the molecule is CC1CN(S(=O)(=O)c2ccc(CN)cc2Cl)C(C)CO1. The van der Waals surface area contributed by atoms with Crippen molar-refractivity contribution in [1.29, 1.82) is 0 Å². The quantitative estimate of drug-likeness (QED) is 0.918. The van der Waals surface area contributed by atoms with E-state index in [-0.39, 0.29) is 22.1 Å². The molecule has 112 valence electrons. The number of hydrogen-bond donors (Lipinski definition) is 1. The molecular formula is C13H19ClN2O3S. The van der Waals surface area contributed by atoms with Gasteiger partial charge in [0.05, 0.1) is 17.7 Å². The van der Waals surface area contributed by atoms with Gasteiger partial charge in [0.2, 0.25) is 10.0 Å². The Bertz CT molecular complexity index is 591. The number of sulfonamides is 1. The van der Waals surface area contributed by atoms with E-state index in [9.17, 15) is 8.42 Å². The molecule has 0 bridgehead atoms. The molecule has 0 aliphatic carbocycles. The average molecular weight is 319 g/mol. The van der Waals surface area contributed by atoms with Gasteiger partial charge in [0, 0.05) is 19.1 Å². The first kappa shape index (κ1) is 15.7. The molecule has 1 heterocycles. The number of halogens is 1. The van der Waals surface area contributed by atoms with Crippen LogP contribution >= 0.6 is 11.6 Å². The minimum atomic E-state index is -3.62. The summed E-state index contributed by atoms with van der Waals surface area (Å²) < 4.78 is 32.3. The van der Waals surface area contributed by atoms with Crippen molar-refractivity contribution in [3.05, 3.63) is 28.8 Å². The first-order chi connectivity index (χ1) is 9.36. The summed E-state index contributed by atoms with van der Waals surface area (Å²) in [7, 11) is -3.62. The van der Waals surface area contributed by atoms with Gasteiger partial charge in [-0.05, 0) is 31.5 Å². The van der Waals surface area contributed by atoms with Crippen LogP contribution in [0.4, 0.5) is 0 Å². The maximum Gasteiger partial charge on any atom is 0.244 e. The summed E-state index contributed by atoms with van der Waals surface area (Å²) in [5, 5.41) is 0.208. The highest BCUT2D eigenvalue weighted by Gasteiger charge is 2.35. The van der Waals surface area contributed by atoms with Gasteiger partial charge < -0.3 is 10.5 Å². The van der Waals surface area contributed by atoms with Crippen molar-refractivity contribution in [2.75, 3.05) is 13.2 Å². The Morgan fingerprint density at radius 1 is 1.45 bits per heavy atom. The van der Waals surface area contributed by atoms with E-state index in [1.165, 1.54) is 10.4 Å². The number of rotatable bonds is 3. The van der Waals surface area contributed by atoms with Crippen LogP contribution in [0.25, 0.3) is 0 Å². The van der Waals surface area contributed by atoms with Crippen LogP contribution in [0.2, 0.25) is 5.02 Å². The summed E-state index contributed by atoms with van der Waals surface area (Å²) in [4.78, 5) is 0.123. The van der Waals surface area contributed by atoms with Crippen LogP contribution in [0.15, 0.2) is 23.1 Å². The third-order valence-corrected chi connectivity index (χ3v) is 5.83. The van der Waals surface area contributed by atoms with Crippen molar-refractivity contribution in [2.45, 2.75) is 37.4 Å². The third-order valence-electron chi connectivity index (χ3n) is 3.37. The van der Waals surface area contributed by atoms with Crippen molar-refractivity contribution in [3.63, 3.8) is 0 Å². The molecule has 1 fully saturated rings. The molecule has 2 N–H and O–H groups in total. The zero-order valence-electron chi connectivity index (χ0n) is 11.5. The van der Waals surface area contributed by atoms with Gasteiger partial charge >= 0.3 is 0 Å². The maximum absolute atomic E-state index is 12.7. The Morgan fingerprint density at radius 3 is 2.75 bits per heavy atom. The lowest BCUT2D eigenvalue weighted by atomic mass is 10.2.